The Morgan fingerprint density at radius 2 is 1.63 bits per heavy atom. The molecule has 1 saturated carbocycles. The van der Waals surface area contributed by atoms with E-state index >= 15 is 0 Å². The van der Waals surface area contributed by atoms with E-state index < -0.39 is 0 Å². The van der Waals surface area contributed by atoms with Gasteiger partial charge in [-0.15, -0.1) is 0 Å². The highest BCUT2D eigenvalue weighted by Gasteiger charge is 2.28. The summed E-state index contributed by atoms with van der Waals surface area (Å²) < 4.78 is 0. The van der Waals surface area contributed by atoms with E-state index in [1.54, 1.807) is 0 Å². The minimum atomic E-state index is -0.0350. The second-order valence-electron chi connectivity index (χ2n) is 8.78. The minimum Gasteiger partial charge on any atom is -0.353 e. The fraction of sp³-hybridized carbons (Fsp3) is 0.652. The lowest BCUT2D eigenvalue weighted by molar-refractivity contribution is -0.123. The summed E-state index contributed by atoms with van der Waals surface area (Å²) in [4.78, 5) is 24.6. The van der Waals surface area contributed by atoms with Crippen molar-refractivity contribution < 1.29 is 9.59 Å². The molecule has 1 aromatic rings. The molecule has 4 heteroatoms. The summed E-state index contributed by atoms with van der Waals surface area (Å²) in [7, 11) is 0. The van der Waals surface area contributed by atoms with Gasteiger partial charge in [-0.2, -0.15) is 0 Å². The van der Waals surface area contributed by atoms with Gasteiger partial charge in [0, 0.05) is 24.6 Å². The maximum Gasteiger partial charge on any atom is 0.224 e. The van der Waals surface area contributed by atoms with Crippen molar-refractivity contribution in [2.24, 2.45) is 17.8 Å². The Hall–Kier alpha value is -1.84. The molecule has 1 aliphatic carbocycles. The Labute approximate surface area is 164 Å². The fourth-order valence-electron chi connectivity index (χ4n) is 3.92. The molecule has 4 nitrogen and oxygen atoms in total. The first kappa shape index (κ1) is 21.5. The summed E-state index contributed by atoms with van der Waals surface area (Å²) >= 11 is 0. The van der Waals surface area contributed by atoms with Gasteiger partial charge in [-0.1, -0.05) is 59.6 Å². The van der Waals surface area contributed by atoms with Crippen LogP contribution in [0.5, 0.6) is 0 Å². The standard InChI is InChI=1S/C23H36N2O2/c1-15(2)19-9-11-20(12-10-19)24-22(26)13-16(3)14-23(27)25-21-8-6-7-17(4)18(21)5/h9-12,15-18,21H,6-8,13-14H2,1-5H3,(H,24,26)(H,25,27)/t16-,17+,18+,21-/m1/s1. The van der Waals surface area contributed by atoms with Gasteiger partial charge in [0.1, 0.15) is 0 Å². The van der Waals surface area contributed by atoms with Gasteiger partial charge in [0.2, 0.25) is 11.8 Å². The number of hydrogen-bond acceptors (Lipinski definition) is 2. The van der Waals surface area contributed by atoms with Crippen molar-refractivity contribution >= 4 is 17.5 Å². The number of carbonyl (C=O) groups excluding carboxylic acids is 2. The molecule has 1 fully saturated rings. The van der Waals surface area contributed by atoms with E-state index in [0.29, 0.717) is 30.6 Å². The Bertz CT molecular complexity index is 624. The van der Waals surface area contributed by atoms with E-state index in [9.17, 15) is 9.59 Å². The highest BCUT2D eigenvalue weighted by molar-refractivity contribution is 5.91. The van der Waals surface area contributed by atoms with Crippen LogP contribution in [0.15, 0.2) is 24.3 Å². The first-order valence-electron chi connectivity index (χ1n) is 10.5. The number of benzene rings is 1. The molecule has 2 amide bonds. The van der Waals surface area contributed by atoms with Crippen LogP contribution >= 0.6 is 0 Å². The highest BCUT2D eigenvalue weighted by Crippen LogP contribution is 2.29. The van der Waals surface area contributed by atoms with E-state index in [0.717, 1.165) is 12.1 Å². The largest absolute Gasteiger partial charge is 0.353 e. The Kier molecular flexibility index (Phi) is 7.88. The molecule has 0 radical (unpaired) electrons. The maximum atomic E-state index is 12.4. The summed E-state index contributed by atoms with van der Waals surface area (Å²) in [5.41, 5.74) is 2.07. The normalized spacial score (nSPS) is 23.7. The molecule has 2 N–H and O–H groups in total. The van der Waals surface area contributed by atoms with Crippen LogP contribution in [0.25, 0.3) is 0 Å². The van der Waals surface area contributed by atoms with Gasteiger partial charge in [0.15, 0.2) is 0 Å². The van der Waals surface area contributed by atoms with Gasteiger partial charge < -0.3 is 10.6 Å². The summed E-state index contributed by atoms with van der Waals surface area (Å²) in [6, 6.07) is 8.25. The molecular formula is C23H36N2O2. The summed E-state index contributed by atoms with van der Waals surface area (Å²) in [6.07, 6.45) is 4.26. The Morgan fingerprint density at radius 1 is 1.00 bits per heavy atom. The zero-order chi connectivity index (χ0) is 20.0. The molecule has 0 aliphatic heterocycles. The van der Waals surface area contributed by atoms with Crippen molar-refractivity contribution in [3.05, 3.63) is 29.8 Å². The van der Waals surface area contributed by atoms with Crippen molar-refractivity contribution in [3.8, 4) is 0 Å². The zero-order valence-electron chi connectivity index (χ0n) is 17.5. The summed E-state index contributed by atoms with van der Waals surface area (Å²) in [5.74, 6) is 1.72. The van der Waals surface area contributed by atoms with Gasteiger partial charge in [-0.3, -0.25) is 9.59 Å². The molecule has 1 aliphatic rings. The van der Waals surface area contributed by atoms with Gasteiger partial charge in [-0.25, -0.2) is 0 Å². The van der Waals surface area contributed by atoms with Crippen molar-refractivity contribution in [2.45, 2.75) is 78.7 Å². The molecule has 1 aromatic carbocycles. The third-order valence-corrected chi connectivity index (χ3v) is 5.98. The maximum absolute atomic E-state index is 12.4. The average Bonchev–Trinajstić information content (AvgIpc) is 2.59. The monoisotopic (exact) mass is 372 g/mol. The van der Waals surface area contributed by atoms with E-state index in [1.807, 2.05) is 31.2 Å². The van der Waals surface area contributed by atoms with Gasteiger partial charge in [0.25, 0.3) is 0 Å². The Morgan fingerprint density at radius 3 is 2.26 bits per heavy atom. The molecule has 0 spiro atoms. The third-order valence-electron chi connectivity index (χ3n) is 5.98. The second kappa shape index (κ2) is 9.91. The van der Waals surface area contributed by atoms with E-state index in [2.05, 4.69) is 38.3 Å². The number of rotatable bonds is 7. The molecule has 0 saturated heterocycles. The van der Waals surface area contributed by atoms with E-state index in [4.69, 9.17) is 0 Å². The molecule has 4 atom stereocenters. The number of carbonyl (C=O) groups is 2. The predicted octanol–water partition coefficient (Wildman–Crippen LogP) is 5.11. The molecular weight excluding hydrogens is 336 g/mol. The first-order chi connectivity index (χ1) is 12.8. The second-order valence-corrected chi connectivity index (χ2v) is 8.78. The van der Waals surface area contributed by atoms with Crippen LogP contribution in [0.2, 0.25) is 0 Å². The SMILES string of the molecule is CC(C)c1ccc(NC(=O)C[C@@H](C)CC(=O)N[C@@H]2CCC[C@H](C)[C@@H]2C)cc1. The number of amides is 2. The molecule has 0 bridgehead atoms. The molecule has 0 heterocycles. The smallest absolute Gasteiger partial charge is 0.224 e. The summed E-state index contributed by atoms with van der Waals surface area (Å²) in [5, 5.41) is 6.13. The van der Waals surface area contributed by atoms with Crippen LogP contribution in [0.1, 0.15) is 78.2 Å². The topological polar surface area (TPSA) is 58.2 Å². The van der Waals surface area contributed by atoms with Crippen molar-refractivity contribution in [2.75, 3.05) is 5.32 Å². The van der Waals surface area contributed by atoms with Gasteiger partial charge in [0.05, 0.1) is 0 Å². The van der Waals surface area contributed by atoms with Crippen LogP contribution in [0, 0.1) is 17.8 Å². The third kappa shape index (κ3) is 6.67. The number of nitrogens with one attached hydrogen (secondary N) is 2. The van der Waals surface area contributed by atoms with Gasteiger partial charge >= 0.3 is 0 Å². The van der Waals surface area contributed by atoms with E-state index in [-0.39, 0.29) is 23.8 Å². The quantitative estimate of drug-likeness (QED) is 0.699. The van der Waals surface area contributed by atoms with Crippen molar-refractivity contribution in [3.63, 3.8) is 0 Å². The van der Waals surface area contributed by atoms with Crippen LogP contribution in [-0.4, -0.2) is 17.9 Å². The minimum absolute atomic E-state index is 0.0243. The lowest BCUT2D eigenvalue weighted by atomic mass is 9.78. The van der Waals surface area contributed by atoms with E-state index in [1.165, 1.54) is 18.4 Å². The fourth-order valence-corrected chi connectivity index (χ4v) is 3.92. The lowest BCUT2D eigenvalue weighted by Crippen LogP contribution is -2.44. The lowest BCUT2D eigenvalue weighted by Gasteiger charge is -2.34. The van der Waals surface area contributed by atoms with Crippen LogP contribution < -0.4 is 10.6 Å². The van der Waals surface area contributed by atoms with Gasteiger partial charge in [-0.05, 0) is 47.8 Å². The predicted molar refractivity (Wildman–Crippen MR) is 112 cm³/mol. The van der Waals surface area contributed by atoms with Crippen molar-refractivity contribution in [1.29, 1.82) is 0 Å². The Balaban J connectivity index is 1.76. The van der Waals surface area contributed by atoms with Crippen LogP contribution in [0.3, 0.4) is 0 Å². The molecule has 150 valence electrons. The average molecular weight is 373 g/mol. The molecule has 27 heavy (non-hydrogen) atoms. The number of anilines is 1. The molecule has 2 rings (SSSR count). The number of hydrogen-bond donors (Lipinski definition) is 2. The van der Waals surface area contributed by atoms with Crippen LogP contribution in [0.4, 0.5) is 5.69 Å². The highest BCUT2D eigenvalue weighted by atomic mass is 16.2. The zero-order valence-corrected chi connectivity index (χ0v) is 17.5. The van der Waals surface area contributed by atoms with Crippen LogP contribution in [-0.2, 0) is 9.59 Å². The van der Waals surface area contributed by atoms with Crippen molar-refractivity contribution in [1.82, 2.24) is 5.32 Å². The first-order valence-corrected chi connectivity index (χ1v) is 10.5. The molecule has 0 aromatic heterocycles. The summed E-state index contributed by atoms with van der Waals surface area (Å²) in [6.45, 7) is 10.8. The molecule has 0 unspecified atom stereocenters.